The molecule has 3 aromatic rings. The molecule has 1 aliphatic heterocycles. The van der Waals surface area contributed by atoms with Gasteiger partial charge in [0.15, 0.2) is 0 Å². The number of piperidine rings is 1. The fourth-order valence-corrected chi connectivity index (χ4v) is 3.36. The summed E-state index contributed by atoms with van der Waals surface area (Å²) < 4.78 is 0. The summed E-state index contributed by atoms with van der Waals surface area (Å²) in [7, 11) is 0. The molecule has 0 aliphatic carbocycles. The second kappa shape index (κ2) is 7.15. The van der Waals surface area contributed by atoms with Gasteiger partial charge in [-0.1, -0.05) is 23.7 Å². The van der Waals surface area contributed by atoms with Gasteiger partial charge in [0.1, 0.15) is 0 Å². The third-order valence-electron chi connectivity index (χ3n) is 4.64. The summed E-state index contributed by atoms with van der Waals surface area (Å²) in [6.07, 6.45) is 7.59. The third kappa shape index (κ3) is 3.61. The minimum Gasteiger partial charge on any atom is -0.339 e. The van der Waals surface area contributed by atoms with Gasteiger partial charge >= 0.3 is 0 Å². The number of benzene rings is 1. The molecule has 2 aromatic heterocycles. The van der Waals surface area contributed by atoms with Crippen LogP contribution in [0.25, 0.3) is 11.3 Å². The molecule has 0 amide bonds. The molecular formula is C19H18ClN5. The van der Waals surface area contributed by atoms with Crippen molar-refractivity contribution in [2.45, 2.75) is 18.8 Å². The second-order valence-electron chi connectivity index (χ2n) is 6.19. The summed E-state index contributed by atoms with van der Waals surface area (Å²) in [6, 6.07) is 11.8. The zero-order valence-corrected chi connectivity index (χ0v) is 14.5. The van der Waals surface area contributed by atoms with E-state index in [9.17, 15) is 0 Å². The molecule has 0 saturated carbocycles. The lowest BCUT2D eigenvalue weighted by Crippen LogP contribution is -2.34. The lowest BCUT2D eigenvalue weighted by Gasteiger charge is -2.32. The van der Waals surface area contributed by atoms with Gasteiger partial charge in [0.05, 0.1) is 11.9 Å². The van der Waals surface area contributed by atoms with Gasteiger partial charge in [-0.2, -0.15) is 5.10 Å². The highest BCUT2D eigenvalue weighted by Gasteiger charge is 2.22. The maximum Gasteiger partial charge on any atom is 0.245 e. The molecule has 0 bridgehead atoms. The summed E-state index contributed by atoms with van der Waals surface area (Å²) >= 11 is 5.96. The van der Waals surface area contributed by atoms with Crippen LogP contribution in [-0.4, -0.2) is 33.3 Å². The Morgan fingerprint density at radius 1 is 0.960 bits per heavy atom. The highest BCUT2D eigenvalue weighted by Crippen LogP contribution is 2.29. The Morgan fingerprint density at radius 2 is 1.68 bits per heavy atom. The van der Waals surface area contributed by atoms with Crippen molar-refractivity contribution >= 4 is 17.5 Å². The van der Waals surface area contributed by atoms with Gasteiger partial charge in [0.25, 0.3) is 0 Å². The SMILES string of the molecule is Clc1ccc(-c2cnnc(N3CCC(c4ccncc4)CC3)n2)cc1. The maximum absolute atomic E-state index is 5.96. The molecule has 1 saturated heterocycles. The van der Waals surface area contributed by atoms with Crippen LogP contribution in [0, 0.1) is 0 Å². The number of aromatic nitrogens is 4. The van der Waals surface area contributed by atoms with E-state index in [2.05, 4.69) is 32.2 Å². The molecular weight excluding hydrogens is 334 g/mol. The molecule has 6 heteroatoms. The van der Waals surface area contributed by atoms with Gasteiger partial charge < -0.3 is 4.90 Å². The van der Waals surface area contributed by atoms with Crippen LogP contribution in [0.2, 0.25) is 5.02 Å². The van der Waals surface area contributed by atoms with Gasteiger partial charge in [-0.05, 0) is 48.6 Å². The summed E-state index contributed by atoms with van der Waals surface area (Å²) in [6.45, 7) is 1.86. The number of rotatable bonds is 3. The van der Waals surface area contributed by atoms with Crippen LogP contribution in [0.15, 0.2) is 55.0 Å². The first-order valence-corrected chi connectivity index (χ1v) is 8.78. The predicted octanol–water partition coefficient (Wildman–Crippen LogP) is 3.97. The van der Waals surface area contributed by atoms with E-state index in [0.717, 1.165) is 37.2 Å². The van der Waals surface area contributed by atoms with E-state index in [-0.39, 0.29) is 0 Å². The van der Waals surface area contributed by atoms with Gasteiger partial charge in [-0.15, -0.1) is 5.10 Å². The Labute approximate surface area is 151 Å². The van der Waals surface area contributed by atoms with Gasteiger partial charge in [-0.25, -0.2) is 4.98 Å². The molecule has 1 aromatic carbocycles. The number of hydrogen-bond donors (Lipinski definition) is 0. The third-order valence-corrected chi connectivity index (χ3v) is 4.89. The first-order valence-electron chi connectivity index (χ1n) is 8.40. The zero-order chi connectivity index (χ0) is 17.1. The van der Waals surface area contributed by atoms with E-state index in [1.807, 2.05) is 36.7 Å². The molecule has 0 atom stereocenters. The topological polar surface area (TPSA) is 54.8 Å². The molecule has 0 spiro atoms. The van der Waals surface area contributed by atoms with Crippen LogP contribution in [0.5, 0.6) is 0 Å². The average molecular weight is 352 g/mol. The van der Waals surface area contributed by atoms with Crippen molar-refractivity contribution in [1.82, 2.24) is 20.2 Å². The Morgan fingerprint density at radius 3 is 2.40 bits per heavy atom. The molecule has 0 radical (unpaired) electrons. The lowest BCUT2D eigenvalue weighted by molar-refractivity contribution is 0.497. The zero-order valence-electron chi connectivity index (χ0n) is 13.7. The summed E-state index contributed by atoms with van der Waals surface area (Å²) in [5, 5.41) is 9.09. The highest BCUT2D eigenvalue weighted by molar-refractivity contribution is 6.30. The van der Waals surface area contributed by atoms with E-state index in [1.165, 1.54) is 5.56 Å². The molecule has 3 heterocycles. The molecule has 5 nitrogen and oxygen atoms in total. The Bertz CT molecular complexity index is 830. The van der Waals surface area contributed by atoms with Crippen molar-refractivity contribution in [3.8, 4) is 11.3 Å². The van der Waals surface area contributed by atoms with E-state index in [4.69, 9.17) is 16.6 Å². The Balaban J connectivity index is 1.48. The number of hydrogen-bond acceptors (Lipinski definition) is 5. The molecule has 0 unspecified atom stereocenters. The fourth-order valence-electron chi connectivity index (χ4n) is 3.24. The minimum atomic E-state index is 0.576. The highest BCUT2D eigenvalue weighted by atomic mass is 35.5. The van der Waals surface area contributed by atoms with Crippen LogP contribution >= 0.6 is 11.6 Å². The van der Waals surface area contributed by atoms with Crippen molar-refractivity contribution in [2.75, 3.05) is 18.0 Å². The standard InChI is InChI=1S/C19H18ClN5/c20-17-3-1-16(2-4-17)18-13-22-24-19(23-18)25-11-7-15(8-12-25)14-5-9-21-10-6-14/h1-6,9-10,13,15H,7-8,11-12H2. The van der Waals surface area contributed by atoms with E-state index >= 15 is 0 Å². The first kappa shape index (κ1) is 16.0. The van der Waals surface area contributed by atoms with Gasteiger partial charge in [0, 0.05) is 36.1 Å². The minimum absolute atomic E-state index is 0.576. The molecule has 25 heavy (non-hydrogen) atoms. The van der Waals surface area contributed by atoms with Crippen LogP contribution in [0.4, 0.5) is 5.95 Å². The largest absolute Gasteiger partial charge is 0.339 e. The predicted molar refractivity (Wildman–Crippen MR) is 98.7 cm³/mol. The quantitative estimate of drug-likeness (QED) is 0.714. The van der Waals surface area contributed by atoms with Crippen molar-refractivity contribution in [3.63, 3.8) is 0 Å². The van der Waals surface area contributed by atoms with Gasteiger partial charge in [-0.3, -0.25) is 4.98 Å². The fraction of sp³-hybridized carbons (Fsp3) is 0.263. The van der Waals surface area contributed by atoms with Crippen LogP contribution < -0.4 is 4.90 Å². The van der Waals surface area contributed by atoms with E-state index < -0.39 is 0 Å². The average Bonchev–Trinajstić information content (AvgIpc) is 2.69. The van der Waals surface area contributed by atoms with Crippen molar-refractivity contribution < 1.29 is 0 Å². The number of pyridine rings is 1. The maximum atomic E-state index is 5.96. The van der Waals surface area contributed by atoms with Gasteiger partial charge in [0.2, 0.25) is 5.95 Å². The van der Waals surface area contributed by atoms with Crippen LogP contribution in [0.3, 0.4) is 0 Å². The normalized spacial score (nSPS) is 15.3. The molecule has 1 aliphatic rings. The smallest absolute Gasteiger partial charge is 0.245 e. The van der Waals surface area contributed by atoms with Crippen LogP contribution in [0.1, 0.15) is 24.3 Å². The second-order valence-corrected chi connectivity index (χ2v) is 6.63. The van der Waals surface area contributed by atoms with Crippen molar-refractivity contribution in [1.29, 1.82) is 0 Å². The number of anilines is 1. The van der Waals surface area contributed by atoms with Crippen molar-refractivity contribution in [3.05, 3.63) is 65.6 Å². The summed E-state index contributed by atoms with van der Waals surface area (Å²) in [5.41, 5.74) is 3.17. The summed E-state index contributed by atoms with van der Waals surface area (Å²) in [5.74, 6) is 1.27. The number of nitrogens with zero attached hydrogens (tertiary/aromatic N) is 5. The van der Waals surface area contributed by atoms with E-state index in [0.29, 0.717) is 16.9 Å². The van der Waals surface area contributed by atoms with Crippen LogP contribution in [-0.2, 0) is 0 Å². The molecule has 126 valence electrons. The Kier molecular flexibility index (Phi) is 4.57. The molecule has 1 fully saturated rings. The lowest BCUT2D eigenvalue weighted by atomic mass is 9.90. The number of halogens is 1. The first-order chi connectivity index (χ1) is 12.3. The molecule has 4 rings (SSSR count). The summed E-state index contributed by atoms with van der Waals surface area (Å²) in [4.78, 5) is 11.0. The monoisotopic (exact) mass is 351 g/mol. The van der Waals surface area contributed by atoms with Crippen molar-refractivity contribution in [2.24, 2.45) is 0 Å². The van der Waals surface area contributed by atoms with E-state index in [1.54, 1.807) is 6.20 Å². The Hall–Kier alpha value is -2.53. The molecule has 0 N–H and O–H groups in total.